The van der Waals surface area contributed by atoms with Gasteiger partial charge in [0.2, 0.25) is 0 Å². The number of hydrogen-bond acceptors (Lipinski definition) is 3. The molecule has 0 aliphatic rings. The van der Waals surface area contributed by atoms with Crippen molar-refractivity contribution in [3.05, 3.63) is 29.3 Å². The van der Waals surface area contributed by atoms with Crippen LogP contribution in [0.5, 0.6) is 5.75 Å². The van der Waals surface area contributed by atoms with Gasteiger partial charge in [-0.2, -0.15) is 0 Å². The minimum absolute atomic E-state index is 0.284. The molecule has 4 heteroatoms. The predicted molar refractivity (Wildman–Crippen MR) is 69.2 cm³/mol. The van der Waals surface area contributed by atoms with Crippen LogP contribution in [0.15, 0.2) is 18.2 Å². The zero-order valence-corrected chi connectivity index (χ0v) is 11.2. The van der Waals surface area contributed by atoms with E-state index in [2.05, 4.69) is 0 Å². The number of carboxylic acid groups (broad SMARTS) is 1. The highest BCUT2D eigenvalue weighted by Gasteiger charge is 2.37. The average molecular weight is 252 g/mol. The van der Waals surface area contributed by atoms with Crippen molar-refractivity contribution in [3.8, 4) is 5.75 Å². The fraction of sp³-hybridized carbons (Fsp3) is 0.500. The molecule has 1 atom stereocenters. The van der Waals surface area contributed by atoms with Gasteiger partial charge in [0, 0.05) is 5.56 Å². The number of carboxylic acids is 1. The molecule has 0 spiro atoms. The van der Waals surface area contributed by atoms with Crippen LogP contribution in [0.3, 0.4) is 0 Å². The summed E-state index contributed by atoms with van der Waals surface area (Å²) < 4.78 is 5.20. The van der Waals surface area contributed by atoms with E-state index < -0.39 is 18.0 Å². The summed E-state index contributed by atoms with van der Waals surface area (Å²) in [6.07, 6.45) is 0. The lowest BCUT2D eigenvalue weighted by molar-refractivity contribution is -0.144. The molecular formula is C14H20O4. The van der Waals surface area contributed by atoms with Crippen LogP contribution in [0.4, 0.5) is 0 Å². The van der Waals surface area contributed by atoms with Gasteiger partial charge in [-0.25, -0.2) is 0 Å². The van der Waals surface area contributed by atoms with Crippen LogP contribution in [0.1, 0.15) is 37.8 Å². The highest BCUT2D eigenvalue weighted by atomic mass is 16.5. The van der Waals surface area contributed by atoms with Crippen LogP contribution in [0, 0.1) is 0 Å². The third kappa shape index (κ3) is 2.48. The molecule has 0 saturated carbocycles. The average Bonchev–Trinajstić information content (AvgIpc) is 2.36. The van der Waals surface area contributed by atoms with Crippen molar-refractivity contribution in [3.63, 3.8) is 0 Å². The minimum Gasteiger partial charge on any atom is -0.496 e. The highest BCUT2D eigenvalue weighted by Crippen LogP contribution is 2.34. The Morgan fingerprint density at radius 1 is 1.44 bits per heavy atom. The Bertz CT molecular complexity index is 439. The van der Waals surface area contributed by atoms with Crippen molar-refractivity contribution in [2.75, 3.05) is 13.7 Å². The van der Waals surface area contributed by atoms with Gasteiger partial charge in [-0.3, -0.25) is 4.79 Å². The van der Waals surface area contributed by atoms with Gasteiger partial charge in [-0.15, -0.1) is 0 Å². The number of aliphatic carboxylic acids is 1. The fourth-order valence-corrected chi connectivity index (χ4v) is 1.78. The molecule has 100 valence electrons. The molecule has 0 heterocycles. The second-order valence-electron chi connectivity index (χ2n) is 4.91. The van der Waals surface area contributed by atoms with Crippen molar-refractivity contribution in [2.45, 2.75) is 32.1 Å². The van der Waals surface area contributed by atoms with Crippen LogP contribution in [-0.4, -0.2) is 29.9 Å². The van der Waals surface area contributed by atoms with Gasteiger partial charge in [-0.1, -0.05) is 26.0 Å². The van der Waals surface area contributed by atoms with Gasteiger partial charge in [0.1, 0.15) is 11.2 Å². The van der Waals surface area contributed by atoms with E-state index in [-0.39, 0.29) is 5.92 Å². The van der Waals surface area contributed by atoms with Crippen LogP contribution in [0.25, 0.3) is 0 Å². The SMILES string of the molecule is COc1ccc(C(C)C)cc1C(C)(CO)C(=O)O. The van der Waals surface area contributed by atoms with Gasteiger partial charge in [-0.05, 0) is 24.5 Å². The summed E-state index contributed by atoms with van der Waals surface area (Å²) in [5.74, 6) is -0.297. The quantitative estimate of drug-likeness (QED) is 0.842. The van der Waals surface area contributed by atoms with Crippen molar-refractivity contribution in [1.29, 1.82) is 0 Å². The Kier molecular flexibility index (Phi) is 4.35. The molecule has 2 N–H and O–H groups in total. The smallest absolute Gasteiger partial charge is 0.316 e. The topological polar surface area (TPSA) is 66.8 Å². The lowest BCUT2D eigenvalue weighted by Gasteiger charge is -2.26. The third-order valence-electron chi connectivity index (χ3n) is 3.27. The Morgan fingerprint density at radius 3 is 2.44 bits per heavy atom. The van der Waals surface area contributed by atoms with Gasteiger partial charge in [0.15, 0.2) is 0 Å². The minimum atomic E-state index is -1.35. The zero-order valence-electron chi connectivity index (χ0n) is 11.2. The van der Waals surface area contributed by atoms with E-state index in [1.54, 1.807) is 12.1 Å². The maximum absolute atomic E-state index is 11.4. The monoisotopic (exact) mass is 252 g/mol. The molecule has 18 heavy (non-hydrogen) atoms. The Morgan fingerprint density at radius 2 is 2.06 bits per heavy atom. The molecule has 1 aromatic rings. The van der Waals surface area contributed by atoms with Gasteiger partial charge < -0.3 is 14.9 Å². The van der Waals surface area contributed by atoms with Crippen LogP contribution in [0.2, 0.25) is 0 Å². The molecule has 0 bridgehead atoms. The van der Waals surface area contributed by atoms with Crippen LogP contribution in [-0.2, 0) is 10.2 Å². The van der Waals surface area contributed by atoms with Crippen molar-refractivity contribution in [2.24, 2.45) is 0 Å². The van der Waals surface area contributed by atoms with Crippen molar-refractivity contribution < 1.29 is 19.7 Å². The van der Waals surface area contributed by atoms with Gasteiger partial charge in [0.05, 0.1) is 13.7 Å². The van der Waals surface area contributed by atoms with Crippen LogP contribution < -0.4 is 4.74 Å². The summed E-state index contributed by atoms with van der Waals surface area (Å²) in [6, 6.07) is 5.46. The number of aliphatic hydroxyl groups is 1. The van der Waals surface area contributed by atoms with Gasteiger partial charge >= 0.3 is 5.97 Å². The van der Waals surface area contributed by atoms with E-state index in [9.17, 15) is 15.0 Å². The zero-order chi connectivity index (χ0) is 13.9. The summed E-state index contributed by atoms with van der Waals surface area (Å²) >= 11 is 0. The lowest BCUT2D eigenvalue weighted by atomic mass is 9.81. The summed E-state index contributed by atoms with van der Waals surface area (Å²) in [5.41, 5.74) is 0.175. The number of methoxy groups -OCH3 is 1. The summed E-state index contributed by atoms with van der Waals surface area (Å²) in [7, 11) is 1.49. The van der Waals surface area contributed by atoms with Crippen molar-refractivity contribution >= 4 is 5.97 Å². The maximum atomic E-state index is 11.4. The number of hydrogen-bond donors (Lipinski definition) is 2. The first-order valence-corrected chi connectivity index (χ1v) is 5.89. The van der Waals surface area contributed by atoms with E-state index >= 15 is 0 Å². The largest absolute Gasteiger partial charge is 0.496 e. The Hall–Kier alpha value is -1.55. The molecule has 0 amide bonds. The molecule has 0 saturated heterocycles. The Labute approximate surface area is 107 Å². The van der Waals surface area contributed by atoms with E-state index in [1.165, 1.54) is 14.0 Å². The summed E-state index contributed by atoms with van der Waals surface area (Å²) in [6.45, 7) is 5.09. The normalized spacial score (nSPS) is 14.3. The van der Waals surface area contributed by atoms with E-state index in [4.69, 9.17) is 4.74 Å². The highest BCUT2D eigenvalue weighted by molar-refractivity contribution is 5.82. The molecule has 0 aromatic heterocycles. The summed E-state index contributed by atoms with van der Waals surface area (Å²) in [5, 5.41) is 18.7. The van der Waals surface area contributed by atoms with Crippen molar-refractivity contribution in [1.82, 2.24) is 0 Å². The number of carbonyl (C=O) groups is 1. The molecule has 1 rings (SSSR count). The standard InChI is InChI=1S/C14H20O4/c1-9(2)10-5-6-12(18-4)11(7-10)14(3,8-15)13(16)17/h5-7,9,15H,8H2,1-4H3,(H,16,17). The number of rotatable bonds is 5. The molecular weight excluding hydrogens is 232 g/mol. The van der Waals surface area contributed by atoms with Crippen LogP contribution >= 0.6 is 0 Å². The van der Waals surface area contributed by atoms with E-state index in [1.807, 2.05) is 19.9 Å². The second-order valence-corrected chi connectivity index (χ2v) is 4.91. The molecule has 0 aliphatic carbocycles. The Balaban J connectivity index is 3.44. The first-order chi connectivity index (χ1) is 8.36. The fourth-order valence-electron chi connectivity index (χ4n) is 1.78. The lowest BCUT2D eigenvalue weighted by Crippen LogP contribution is -2.36. The molecule has 0 aliphatic heterocycles. The van der Waals surface area contributed by atoms with E-state index in [0.29, 0.717) is 11.3 Å². The molecule has 0 fully saturated rings. The number of ether oxygens (including phenoxy) is 1. The molecule has 4 nitrogen and oxygen atoms in total. The van der Waals surface area contributed by atoms with E-state index in [0.717, 1.165) is 5.56 Å². The maximum Gasteiger partial charge on any atom is 0.316 e. The molecule has 0 radical (unpaired) electrons. The summed E-state index contributed by atoms with van der Waals surface area (Å²) in [4.78, 5) is 11.4. The second kappa shape index (κ2) is 5.40. The molecule has 1 unspecified atom stereocenters. The van der Waals surface area contributed by atoms with Gasteiger partial charge in [0.25, 0.3) is 0 Å². The molecule has 1 aromatic carbocycles. The first kappa shape index (κ1) is 14.5. The number of benzene rings is 1. The third-order valence-corrected chi connectivity index (χ3v) is 3.27. The number of aliphatic hydroxyl groups excluding tert-OH is 1. The first-order valence-electron chi connectivity index (χ1n) is 5.89. The predicted octanol–water partition coefficient (Wildman–Crippen LogP) is 2.15.